The molecule has 2 unspecified atom stereocenters. The van der Waals surface area contributed by atoms with Crippen molar-refractivity contribution in [1.29, 1.82) is 0 Å². The third kappa shape index (κ3) is 1.20. The zero-order chi connectivity index (χ0) is 11.3. The number of rotatable bonds is 2. The van der Waals surface area contributed by atoms with Crippen molar-refractivity contribution in [3.05, 3.63) is 28.6 Å². The fourth-order valence-electron chi connectivity index (χ4n) is 3.20. The topological polar surface area (TPSA) is 50.2 Å². The number of carboxylic acids is 1. The van der Waals surface area contributed by atoms with Crippen LogP contribution in [0.25, 0.3) is 0 Å². The minimum absolute atomic E-state index is 0.411. The minimum Gasteiger partial charge on any atom is -0.478 e. The molecule has 1 aromatic heterocycles. The molecule has 0 spiro atoms. The second kappa shape index (κ2) is 3.30. The van der Waals surface area contributed by atoms with Crippen molar-refractivity contribution in [3.63, 3.8) is 0 Å². The SMILES string of the molecule is CCc1nc2c(cc1C(=O)O)C1CCC2C1. The number of aryl methyl sites for hydroxylation is 1. The lowest BCUT2D eigenvalue weighted by molar-refractivity contribution is 0.0695. The van der Waals surface area contributed by atoms with Crippen LogP contribution < -0.4 is 0 Å². The van der Waals surface area contributed by atoms with Gasteiger partial charge in [0.25, 0.3) is 0 Å². The van der Waals surface area contributed by atoms with E-state index in [2.05, 4.69) is 4.98 Å². The number of pyridine rings is 1. The summed E-state index contributed by atoms with van der Waals surface area (Å²) < 4.78 is 0. The Hall–Kier alpha value is -1.38. The van der Waals surface area contributed by atoms with Gasteiger partial charge in [-0.1, -0.05) is 6.92 Å². The molecule has 1 saturated carbocycles. The van der Waals surface area contributed by atoms with Crippen LogP contribution in [0.4, 0.5) is 0 Å². The van der Waals surface area contributed by atoms with Crippen LogP contribution in [0.3, 0.4) is 0 Å². The van der Waals surface area contributed by atoms with Gasteiger partial charge in [-0.15, -0.1) is 0 Å². The second-order valence-electron chi connectivity index (χ2n) is 4.82. The Morgan fingerprint density at radius 1 is 1.50 bits per heavy atom. The van der Waals surface area contributed by atoms with Crippen molar-refractivity contribution in [1.82, 2.24) is 4.98 Å². The molecule has 1 heterocycles. The zero-order valence-corrected chi connectivity index (χ0v) is 9.36. The maximum absolute atomic E-state index is 11.1. The van der Waals surface area contributed by atoms with Gasteiger partial charge in [0, 0.05) is 11.6 Å². The van der Waals surface area contributed by atoms with E-state index >= 15 is 0 Å². The van der Waals surface area contributed by atoms with Gasteiger partial charge < -0.3 is 5.11 Å². The van der Waals surface area contributed by atoms with E-state index in [9.17, 15) is 4.79 Å². The highest BCUT2D eigenvalue weighted by molar-refractivity contribution is 5.89. The van der Waals surface area contributed by atoms with E-state index in [0.29, 0.717) is 23.8 Å². The molecule has 0 aliphatic heterocycles. The number of hydrogen-bond donors (Lipinski definition) is 1. The van der Waals surface area contributed by atoms with Crippen LogP contribution in [0.15, 0.2) is 6.07 Å². The van der Waals surface area contributed by atoms with Gasteiger partial charge >= 0.3 is 5.97 Å². The molecule has 16 heavy (non-hydrogen) atoms. The molecular weight excluding hydrogens is 202 g/mol. The van der Waals surface area contributed by atoms with Gasteiger partial charge in [0.1, 0.15) is 0 Å². The van der Waals surface area contributed by atoms with Gasteiger partial charge in [0.2, 0.25) is 0 Å². The lowest BCUT2D eigenvalue weighted by Gasteiger charge is -2.16. The third-order valence-corrected chi connectivity index (χ3v) is 3.99. The van der Waals surface area contributed by atoms with Crippen molar-refractivity contribution in [2.45, 2.75) is 44.4 Å². The van der Waals surface area contributed by atoms with Gasteiger partial charge in [0.15, 0.2) is 0 Å². The number of carbonyl (C=O) groups is 1. The van der Waals surface area contributed by atoms with Crippen molar-refractivity contribution in [2.24, 2.45) is 0 Å². The molecule has 0 saturated heterocycles. The second-order valence-corrected chi connectivity index (χ2v) is 4.82. The molecule has 0 aromatic carbocycles. The number of aromatic nitrogens is 1. The molecule has 0 amide bonds. The Balaban J connectivity index is 2.17. The van der Waals surface area contributed by atoms with Crippen LogP contribution >= 0.6 is 0 Å². The molecular formula is C13H15NO2. The first-order valence-electron chi connectivity index (χ1n) is 5.97. The highest BCUT2D eigenvalue weighted by Crippen LogP contribution is 2.52. The molecule has 0 radical (unpaired) electrons. The number of hydrogen-bond acceptors (Lipinski definition) is 2. The van der Waals surface area contributed by atoms with Crippen molar-refractivity contribution >= 4 is 5.97 Å². The fraction of sp³-hybridized carbons (Fsp3) is 0.538. The molecule has 1 aromatic rings. The maximum atomic E-state index is 11.1. The highest BCUT2D eigenvalue weighted by atomic mass is 16.4. The maximum Gasteiger partial charge on any atom is 0.337 e. The smallest absolute Gasteiger partial charge is 0.337 e. The predicted molar refractivity (Wildman–Crippen MR) is 59.9 cm³/mol. The summed E-state index contributed by atoms with van der Waals surface area (Å²) in [6.07, 6.45) is 4.34. The van der Waals surface area contributed by atoms with Gasteiger partial charge in [-0.05, 0) is 43.2 Å². The van der Waals surface area contributed by atoms with E-state index < -0.39 is 5.97 Å². The molecule has 3 nitrogen and oxygen atoms in total. The summed E-state index contributed by atoms with van der Waals surface area (Å²) in [5.74, 6) is 0.347. The summed E-state index contributed by atoms with van der Waals surface area (Å²) in [5, 5.41) is 9.16. The molecule has 84 valence electrons. The van der Waals surface area contributed by atoms with E-state index in [4.69, 9.17) is 5.11 Å². The number of aromatic carboxylic acids is 1. The molecule has 2 bridgehead atoms. The normalized spacial score (nSPS) is 25.8. The Morgan fingerprint density at radius 2 is 2.25 bits per heavy atom. The van der Waals surface area contributed by atoms with E-state index in [0.717, 1.165) is 5.69 Å². The van der Waals surface area contributed by atoms with E-state index in [1.54, 1.807) is 0 Å². The lowest BCUT2D eigenvalue weighted by atomic mass is 9.93. The van der Waals surface area contributed by atoms with Crippen molar-refractivity contribution in [2.75, 3.05) is 0 Å². The van der Waals surface area contributed by atoms with E-state index in [1.165, 1.54) is 30.5 Å². The summed E-state index contributed by atoms with van der Waals surface area (Å²) in [7, 11) is 0. The average Bonchev–Trinajstić information content (AvgIpc) is 2.88. The molecule has 1 fully saturated rings. The van der Waals surface area contributed by atoms with Crippen LogP contribution in [0, 0.1) is 0 Å². The van der Waals surface area contributed by atoms with Crippen LogP contribution in [-0.4, -0.2) is 16.1 Å². The van der Waals surface area contributed by atoms with Crippen molar-refractivity contribution < 1.29 is 9.90 Å². The van der Waals surface area contributed by atoms with Crippen LogP contribution in [0.1, 0.15) is 65.3 Å². The summed E-state index contributed by atoms with van der Waals surface area (Å²) in [5.41, 5.74) is 3.57. The van der Waals surface area contributed by atoms with Gasteiger partial charge in [-0.3, -0.25) is 4.98 Å². The highest BCUT2D eigenvalue weighted by Gasteiger charge is 2.39. The first-order chi connectivity index (χ1) is 7.70. The molecule has 3 heteroatoms. The number of fused-ring (bicyclic) bond motifs is 5. The molecule has 1 N–H and O–H groups in total. The monoisotopic (exact) mass is 217 g/mol. The third-order valence-electron chi connectivity index (χ3n) is 3.99. The Kier molecular flexibility index (Phi) is 2.03. The standard InChI is InChI=1S/C13H15NO2/c1-2-11-10(13(15)16)6-9-7-3-4-8(5-7)12(9)14-11/h6-8H,2-5H2,1H3,(H,15,16). The fourth-order valence-corrected chi connectivity index (χ4v) is 3.20. The van der Waals surface area contributed by atoms with Crippen LogP contribution in [0.5, 0.6) is 0 Å². The molecule has 2 aliphatic carbocycles. The first kappa shape index (κ1) is 9.82. The van der Waals surface area contributed by atoms with E-state index in [-0.39, 0.29) is 0 Å². The van der Waals surface area contributed by atoms with E-state index in [1.807, 2.05) is 13.0 Å². The summed E-state index contributed by atoms with van der Waals surface area (Å²) in [4.78, 5) is 15.7. The average molecular weight is 217 g/mol. The zero-order valence-electron chi connectivity index (χ0n) is 9.36. The Morgan fingerprint density at radius 3 is 2.94 bits per heavy atom. The summed E-state index contributed by atoms with van der Waals surface area (Å²) >= 11 is 0. The molecule has 2 aliphatic rings. The van der Waals surface area contributed by atoms with Crippen LogP contribution in [0.2, 0.25) is 0 Å². The quantitative estimate of drug-likeness (QED) is 0.828. The number of carboxylic acid groups (broad SMARTS) is 1. The Bertz CT molecular complexity index is 467. The molecule has 3 rings (SSSR count). The van der Waals surface area contributed by atoms with Crippen molar-refractivity contribution in [3.8, 4) is 0 Å². The minimum atomic E-state index is -0.838. The van der Waals surface area contributed by atoms with Crippen LogP contribution in [-0.2, 0) is 6.42 Å². The van der Waals surface area contributed by atoms with Gasteiger partial charge in [-0.2, -0.15) is 0 Å². The van der Waals surface area contributed by atoms with Gasteiger partial charge in [-0.25, -0.2) is 4.79 Å². The Labute approximate surface area is 94.5 Å². The largest absolute Gasteiger partial charge is 0.478 e. The molecule has 2 atom stereocenters. The predicted octanol–water partition coefficient (Wildman–Crippen LogP) is 2.71. The van der Waals surface area contributed by atoms with Gasteiger partial charge in [0.05, 0.1) is 11.3 Å². The first-order valence-corrected chi connectivity index (χ1v) is 5.97. The summed E-state index contributed by atoms with van der Waals surface area (Å²) in [6.45, 7) is 1.97. The number of nitrogens with zero attached hydrogens (tertiary/aromatic N) is 1. The summed E-state index contributed by atoms with van der Waals surface area (Å²) in [6, 6.07) is 1.88. The lowest BCUT2D eigenvalue weighted by Crippen LogP contribution is -2.10.